The van der Waals surface area contributed by atoms with Crippen LogP contribution in [0, 0.1) is 0 Å². The van der Waals surface area contributed by atoms with Crippen molar-refractivity contribution in [3.05, 3.63) is 0 Å². The van der Waals surface area contributed by atoms with E-state index >= 15 is 0 Å². The minimum absolute atomic E-state index is 0.194. The van der Waals surface area contributed by atoms with E-state index in [1.165, 1.54) is 0 Å². The van der Waals surface area contributed by atoms with Gasteiger partial charge < -0.3 is 18.4 Å². The summed E-state index contributed by atoms with van der Waals surface area (Å²) in [5, 5.41) is 8.64. The molecule has 0 aromatic carbocycles. The van der Waals surface area contributed by atoms with E-state index in [0.717, 1.165) is 38.8 Å². The van der Waals surface area contributed by atoms with Gasteiger partial charge in [0.1, 0.15) is 0 Å². The lowest BCUT2D eigenvalue weighted by Gasteiger charge is -2.19. The molecule has 0 heterocycles. The van der Waals surface area contributed by atoms with Gasteiger partial charge in [-0.25, -0.2) is 0 Å². The van der Waals surface area contributed by atoms with E-state index in [-0.39, 0.29) is 6.54 Å². The molecule has 0 aromatic rings. The van der Waals surface area contributed by atoms with Gasteiger partial charge in [0.2, 0.25) is 0 Å². The topological polar surface area (TPSA) is 68.2 Å². The third kappa shape index (κ3) is 14.2. The molecule has 0 spiro atoms. The lowest BCUT2D eigenvalue weighted by Crippen LogP contribution is -2.38. The zero-order valence-corrected chi connectivity index (χ0v) is 15.5. The summed E-state index contributed by atoms with van der Waals surface area (Å²) in [6, 6.07) is 0. The Labute approximate surface area is 130 Å². The van der Waals surface area contributed by atoms with E-state index in [9.17, 15) is 4.79 Å². The highest BCUT2D eigenvalue weighted by molar-refractivity contribution is 6.58. The molecule has 0 aromatic heterocycles. The third-order valence-electron chi connectivity index (χ3n) is 3.13. The fourth-order valence-electron chi connectivity index (χ4n) is 1.47. The molecule has 0 radical (unpaired) electrons. The maximum Gasteiger partial charge on any atom is 0.496 e. The monoisotopic (exact) mass is 323 g/mol. The molecule has 128 valence electrons. The molecule has 0 fully saturated rings. The number of carboxylic acid groups (broad SMARTS) is 1. The summed E-state index contributed by atoms with van der Waals surface area (Å²) < 4.78 is 14.8. The first-order valence-electron chi connectivity index (χ1n) is 7.48. The third-order valence-corrected chi connectivity index (χ3v) is 5.35. The predicted octanol–water partition coefficient (Wildman–Crippen LogP) is 2.47. The Morgan fingerprint density at radius 1 is 1.00 bits per heavy atom. The first-order chi connectivity index (χ1) is 9.88. The van der Waals surface area contributed by atoms with Crippen molar-refractivity contribution >= 4 is 14.8 Å². The van der Waals surface area contributed by atoms with Gasteiger partial charge in [-0.2, -0.15) is 0 Å². The second kappa shape index (κ2) is 14.5. The molecule has 0 saturated heterocycles. The fraction of sp³-hybridized carbons (Fsp3) is 0.929. The normalized spacial score (nSPS) is 11.2. The molecule has 0 atom stereocenters. The first-order valence-corrected chi connectivity index (χ1v) is 9.71. The quantitative estimate of drug-likeness (QED) is 0.589. The van der Waals surface area contributed by atoms with E-state index in [4.69, 9.17) is 18.4 Å². The largest absolute Gasteiger partial charge is 0.496 e. The van der Waals surface area contributed by atoms with Gasteiger partial charge in [-0.05, 0) is 25.9 Å². The molecule has 0 aliphatic heterocycles. The molecule has 0 saturated carbocycles. The summed E-state index contributed by atoms with van der Waals surface area (Å²) in [4.78, 5) is 12.5. The van der Waals surface area contributed by atoms with Crippen molar-refractivity contribution < 1.29 is 23.2 Å². The molecule has 0 bridgehead atoms. The van der Waals surface area contributed by atoms with Crippen molar-refractivity contribution in [1.29, 1.82) is 0 Å². The van der Waals surface area contributed by atoms with Crippen molar-refractivity contribution in [3.8, 4) is 0 Å². The summed E-state index contributed by atoms with van der Waals surface area (Å²) in [6.07, 6.45) is 4.44. The molecule has 7 heteroatoms. The SMILES string of the molecule is CCCCN(CCCC)CC(=O)O.CO[Si](C)(OC)OC. The molecule has 0 amide bonds. The van der Waals surface area contributed by atoms with Crippen LogP contribution < -0.4 is 0 Å². The summed E-state index contributed by atoms with van der Waals surface area (Å²) >= 11 is 0. The molecule has 0 rings (SSSR count). The maximum atomic E-state index is 10.5. The van der Waals surface area contributed by atoms with E-state index in [1.54, 1.807) is 21.3 Å². The van der Waals surface area contributed by atoms with Crippen LogP contribution in [0.2, 0.25) is 6.55 Å². The lowest BCUT2D eigenvalue weighted by molar-refractivity contribution is -0.138. The van der Waals surface area contributed by atoms with E-state index in [1.807, 2.05) is 11.4 Å². The van der Waals surface area contributed by atoms with Gasteiger partial charge in [-0.3, -0.25) is 9.69 Å². The van der Waals surface area contributed by atoms with Crippen LogP contribution in [0.5, 0.6) is 0 Å². The standard InChI is InChI=1S/C10H21NO2.C4H12O3Si/c1-3-5-7-11(8-6-4-2)9-10(12)13;1-5-8(4,6-2)7-3/h3-9H2,1-2H3,(H,12,13);1-4H3. The van der Waals surface area contributed by atoms with Gasteiger partial charge in [0.15, 0.2) is 0 Å². The van der Waals surface area contributed by atoms with Crippen LogP contribution in [0.4, 0.5) is 0 Å². The second-order valence-electron chi connectivity index (χ2n) is 4.85. The van der Waals surface area contributed by atoms with Crippen molar-refractivity contribution in [3.63, 3.8) is 0 Å². The zero-order valence-electron chi connectivity index (χ0n) is 14.5. The number of carboxylic acids is 1. The van der Waals surface area contributed by atoms with Crippen molar-refractivity contribution in [2.24, 2.45) is 0 Å². The predicted molar refractivity (Wildman–Crippen MR) is 86.5 cm³/mol. The second-order valence-corrected chi connectivity index (χ2v) is 7.80. The first kappa shape index (κ1) is 22.8. The Hall–Kier alpha value is -0.473. The summed E-state index contributed by atoms with van der Waals surface area (Å²) in [6.45, 7) is 8.11. The smallest absolute Gasteiger partial charge is 0.480 e. The minimum atomic E-state index is -2.17. The van der Waals surface area contributed by atoms with Crippen LogP contribution in [0.25, 0.3) is 0 Å². The highest BCUT2D eigenvalue weighted by atomic mass is 28.4. The van der Waals surface area contributed by atoms with E-state index < -0.39 is 14.8 Å². The van der Waals surface area contributed by atoms with Crippen LogP contribution in [0.15, 0.2) is 0 Å². The number of rotatable bonds is 11. The Morgan fingerprint density at radius 3 is 1.57 bits per heavy atom. The molecule has 1 N–H and O–H groups in total. The summed E-state index contributed by atoms with van der Waals surface area (Å²) in [5.74, 6) is -0.716. The number of nitrogens with zero attached hydrogens (tertiary/aromatic N) is 1. The highest BCUT2D eigenvalue weighted by Crippen LogP contribution is 2.02. The Morgan fingerprint density at radius 2 is 1.38 bits per heavy atom. The van der Waals surface area contributed by atoms with Crippen LogP contribution >= 0.6 is 0 Å². The summed E-state index contributed by atoms with van der Waals surface area (Å²) in [5.41, 5.74) is 0. The molecule has 6 nitrogen and oxygen atoms in total. The number of carbonyl (C=O) groups is 1. The van der Waals surface area contributed by atoms with Crippen molar-refractivity contribution in [2.75, 3.05) is 41.0 Å². The Kier molecular flexibility index (Phi) is 15.7. The van der Waals surface area contributed by atoms with Gasteiger partial charge in [-0.15, -0.1) is 0 Å². The van der Waals surface area contributed by atoms with Crippen LogP contribution in [-0.2, 0) is 18.1 Å². The average Bonchev–Trinajstić information content (AvgIpc) is 2.49. The van der Waals surface area contributed by atoms with Crippen LogP contribution in [0.3, 0.4) is 0 Å². The molecule has 21 heavy (non-hydrogen) atoms. The van der Waals surface area contributed by atoms with Gasteiger partial charge in [0.05, 0.1) is 6.54 Å². The minimum Gasteiger partial charge on any atom is -0.480 e. The Bertz CT molecular complexity index is 233. The molecule has 0 aliphatic carbocycles. The Balaban J connectivity index is 0. The van der Waals surface area contributed by atoms with Crippen molar-refractivity contribution in [2.45, 2.75) is 46.1 Å². The van der Waals surface area contributed by atoms with Gasteiger partial charge in [-0.1, -0.05) is 26.7 Å². The number of aliphatic carboxylic acids is 1. The number of hydrogen-bond donors (Lipinski definition) is 1. The number of unbranched alkanes of at least 4 members (excludes halogenated alkanes) is 2. The lowest BCUT2D eigenvalue weighted by atomic mass is 10.2. The van der Waals surface area contributed by atoms with Gasteiger partial charge in [0, 0.05) is 27.9 Å². The van der Waals surface area contributed by atoms with Gasteiger partial charge in [0.25, 0.3) is 0 Å². The maximum absolute atomic E-state index is 10.5. The summed E-state index contributed by atoms with van der Waals surface area (Å²) in [7, 11) is 2.58. The average molecular weight is 324 g/mol. The zero-order chi connectivity index (χ0) is 16.7. The van der Waals surface area contributed by atoms with Crippen LogP contribution in [0.1, 0.15) is 39.5 Å². The molecule has 0 aliphatic rings. The van der Waals surface area contributed by atoms with E-state index in [0.29, 0.717) is 0 Å². The van der Waals surface area contributed by atoms with E-state index in [2.05, 4.69) is 13.8 Å². The molecular formula is C14H33NO5Si. The molecular weight excluding hydrogens is 290 g/mol. The van der Waals surface area contributed by atoms with Crippen LogP contribution in [-0.4, -0.2) is 65.7 Å². The molecule has 0 unspecified atom stereocenters. The van der Waals surface area contributed by atoms with Gasteiger partial charge >= 0.3 is 14.8 Å². The number of hydrogen-bond acceptors (Lipinski definition) is 5. The van der Waals surface area contributed by atoms with Crippen molar-refractivity contribution in [1.82, 2.24) is 4.90 Å². The fourth-order valence-corrected chi connectivity index (χ4v) is 1.97. The highest BCUT2D eigenvalue weighted by Gasteiger charge is 2.29.